The van der Waals surface area contributed by atoms with Crippen LogP contribution in [-0.4, -0.2) is 64.3 Å². The van der Waals surface area contributed by atoms with Crippen molar-refractivity contribution in [3.63, 3.8) is 0 Å². The Kier molecular flexibility index (Phi) is 8.08. The molecule has 0 aliphatic carbocycles. The van der Waals surface area contributed by atoms with Crippen LogP contribution in [0.5, 0.6) is 17.2 Å². The minimum Gasteiger partial charge on any atom is -0.497 e. The molecule has 0 atom stereocenters. The standard InChI is InChI=1S/C24H29N3O4S/c1-26(2)13-6-14-27(23(28)17-7-9-18(29-3)10-8-17)24-25-21(16-32-24)20-15-19(30-4)11-12-22(20)31-5/h7-12,15-16H,6,13-14H2,1-5H3. The summed E-state index contributed by atoms with van der Waals surface area (Å²) in [5.41, 5.74) is 2.15. The fraction of sp³-hybridized carbons (Fsp3) is 0.333. The van der Waals surface area contributed by atoms with Crippen molar-refractivity contribution in [2.24, 2.45) is 0 Å². The minimum absolute atomic E-state index is 0.0927. The van der Waals surface area contributed by atoms with Crippen LogP contribution < -0.4 is 19.1 Å². The minimum atomic E-state index is -0.0927. The highest BCUT2D eigenvalue weighted by Crippen LogP contribution is 2.36. The van der Waals surface area contributed by atoms with Crippen molar-refractivity contribution >= 4 is 22.4 Å². The lowest BCUT2D eigenvalue weighted by Crippen LogP contribution is -2.33. The first-order valence-electron chi connectivity index (χ1n) is 10.3. The van der Waals surface area contributed by atoms with Crippen molar-refractivity contribution in [1.82, 2.24) is 9.88 Å². The van der Waals surface area contributed by atoms with E-state index >= 15 is 0 Å². The van der Waals surface area contributed by atoms with E-state index in [2.05, 4.69) is 4.90 Å². The third kappa shape index (κ3) is 5.57. The van der Waals surface area contributed by atoms with Gasteiger partial charge in [-0.15, -0.1) is 11.3 Å². The average Bonchev–Trinajstić information content (AvgIpc) is 3.30. The number of carbonyl (C=O) groups is 1. The second kappa shape index (κ2) is 11.0. The van der Waals surface area contributed by atoms with E-state index in [9.17, 15) is 4.79 Å². The van der Waals surface area contributed by atoms with Crippen molar-refractivity contribution in [3.8, 4) is 28.5 Å². The number of ether oxygens (including phenoxy) is 3. The summed E-state index contributed by atoms with van der Waals surface area (Å²) in [4.78, 5) is 22.0. The van der Waals surface area contributed by atoms with E-state index in [-0.39, 0.29) is 5.91 Å². The van der Waals surface area contributed by atoms with Crippen LogP contribution in [0, 0.1) is 0 Å². The highest BCUT2D eigenvalue weighted by molar-refractivity contribution is 7.14. The number of anilines is 1. The molecule has 0 spiro atoms. The number of carbonyl (C=O) groups excluding carboxylic acids is 1. The third-order valence-corrected chi connectivity index (χ3v) is 5.84. The number of hydrogen-bond donors (Lipinski definition) is 0. The molecule has 2 aromatic carbocycles. The Morgan fingerprint density at radius 2 is 1.62 bits per heavy atom. The van der Waals surface area contributed by atoms with Crippen LogP contribution in [0.4, 0.5) is 5.13 Å². The Bertz CT molecular complexity index is 1030. The Morgan fingerprint density at radius 3 is 2.25 bits per heavy atom. The van der Waals surface area contributed by atoms with Gasteiger partial charge in [-0.2, -0.15) is 0 Å². The molecule has 0 bridgehead atoms. The maximum absolute atomic E-state index is 13.4. The van der Waals surface area contributed by atoms with Crippen molar-refractivity contribution in [3.05, 3.63) is 53.4 Å². The second-order valence-corrected chi connectivity index (χ2v) is 8.26. The zero-order chi connectivity index (χ0) is 23.1. The van der Waals surface area contributed by atoms with E-state index in [1.165, 1.54) is 11.3 Å². The molecule has 0 aliphatic rings. The van der Waals surface area contributed by atoms with Gasteiger partial charge in [0.25, 0.3) is 5.91 Å². The SMILES string of the molecule is COc1ccc(C(=O)N(CCCN(C)C)c2nc(-c3cc(OC)ccc3OC)cs2)cc1. The summed E-state index contributed by atoms with van der Waals surface area (Å²) in [6.45, 7) is 1.43. The molecule has 0 saturated carbocycles. The van der Waals surface area contributed by atoms with Crippen molar-refractivity contribution in [2.75, 3.05) is 53.4 Å². The van der Waals surface area contributed by atoms with Crippen LogP contribution in [0.3, 0.4) is 0 Å². The number of hydrogen-bond acceptors (Lipinski definition) is 7. The van der Waals surface area contributed by atoms with E-state index < -0.39 is 0 Å². The molecule has 8 heteroatoms. The van der Waals surface area contributed by atoms with Gasteiger partial charge in [-0.1, -0.05) is 0 Å². The monoisotopic (exact) mass is 455 g/mol. The topological polar surface area (TPSA) is 64.1 Å². The lowest BCUT2D eigenvalue weighted by molar-refractivity contribution is 0.0986. The Labute approximate surface area is 193 Å². The summed E-state index contributed by atoms with van der Waals surface area (Å²) in [6, 6.07) is 12.7. The van der Waals surface area contributed by atoms with Crippen LogP contribution in [0.1, 0.15) is 16.8 Å². The van der Waals surface area contributed by atoms with Gasteiger partial charge in [0.05, 0.1) is 27.0 Å². The largest absolute Gasteiger partial charge is 0.497 e. The fourth-order valence-electron chi connectivity index (χ4n) is 3.24. The molecule has 7 nitrogen and oxygen atoms in total. The van der Waals surface area contributed by atoms with Gasteiger partial charge in [0.15, 0.2) is 5.13 Å². The number of rotatable bonds is 10. The molecular formula is C24H29N3O4S. The number of amides is 1. The zero-order valence-electron chi connectivity index (χ0n) is 19.1. The molecule has 1 amide bonds. The molecule has 32 heavy (non-hydrogen) atoms. The lowest BCUT2D eigenvalue weighted by Gasteiger charge is -2.21. The van der Waals surface area contributed by atoms with E-state index in [4.69, 9.17) is 19.2 Å². The number of benzene rings is 2. The van der Waals surface area contributed by atoms with Gasteiger partial charge >= 0.3 is 0 Å². The first kappa shape index (κ1) is 23.6. The van der Waals surface area contributed by atoms with E-state index in [0.29, 0.717) is 34.5 Å². The van der Waals surface area contributed by atoms with Gasteiger partial charge in [-0.25, -0.2) is 4.98 Å². The van der Waals surface area contributed by atoms with Crippen LogP contribution in [-0.2, 0) is 0 Å². The van der Waals surface area contributed by atoms with Crippen molar-refractivity contribution < 1.29 is 19.0 Å². The fourth-order valence-corrected chi connectivity index (χ4v) is 4.09. The Balaban J connectivity index is 1.93. The normalized spacial score (nSPS) is 10.8. The Hall–Kier alpha value is -3.10. The van der Waals surface area contributed by atoms with Gasteiger partial charge in [0.1, 0.15) is 17.2 Å². The Morgan fingerprint density at radius 1 is 0.938 bits per heavy atom. The van der Waals surface area contributed by atoms with Gasteiger partial charge in [-0.05, 0) is 69.5 Å². The number of nitrogens with zero attached hydrogens (tertiary/aromatic N) is 3. The predicted molar refractivity (Wildman–Crippen MR) is 128 cm³/mol. The molecule has 0 aliphatic heterocycles. The summed E-state index contributed by atoms with van der Waals surface area (Å²) in [5.74, 6) is 2.03. The van der Waals surface area contributed by atoms with Crippen LogP contribution in [0.25, 0.3) is 11.3 Å². The van der Waals surface area contributed by atoms with Crippen LogP contribution >= 0.6 is 11.3 Å². The number of thiazole rings is 1. The lowest BCUT2D eigenvalue weighted by atomic mass is 10.1. The molecule has 0 radical (unpaired) electrons. The maximum atomic E-state index is 13.4. The van der Waals surface area contributed by atoms with Gasteiger partial charge in [-0.3, -0.25) is 9.69 Å². The molecule has 3 rings (SSSR count). The molecule has 0 fully saturated rings. The van der Waals surface area contributed by atoms with Crippen molar-refractivity contribution in [1.29, 1.82) is 0 Å². The summed E-state index contributed by atoms with van der Waals surface area (Å²) in [5, 5.41) is 2.58. The molecule has 1 aromatic heterocycles. The van der Waals surface area contributed by atoms with Crippen molar-refractivity contribution in [2.45, 2.75) is 6.42 Å². The smallest absolute Gasteiger partial charge is 0.260 e. The number of methoxy groups -OCH3 is 3. The molecule has 3 aromatic rings. The molecule has 0 N–H and O–H groups in total. The second-order valence-electron chi connectivity index (χ2n) is 7.42. The summed E-state index contributed by atoms with van der Waals surface area (Å²) < 4.78 is 16.1. The van der Waals surface area contributed by atoms with Gasteiger partial charge in [0, 0.05) is 23.1 Å². The first-order valence-corrected chi connectivity index (χ1v) is 11.1. The maximum Gasteiger partial charge on any atom is 0.260 e. The summed E-state index contributed by atoms with van der Waals surface area (Å²) in [7, 11) is 8.89. The van der Waals surface area contributed by atoms with E-state index in [1.54, 1.807) is 50.5 Å². The average molecular weight is 456 g/mol. The van der Waals surface area contributed by atoms with Gasteiger partial charge < -0.3 is 19.1 Å². The summed E-state index contributed by atoms with van der Waals surface area (Å²) >= 11 is 1.43. The molecule has 170 valence electrons. The molecule has 1 heterocycles. The predicted octanol–water partition coefficient (Wildman–Crippen LogP) is 4.43. The highest BCUT2D eigenvalue weighted by Gasteiger charge is 2.22. The third-order valence-electron chi connectivity index (χ3n) is 4.97. The quantitative estimate of drug-likeness (QED) is 0.451. The first-order chi connectivity index (χ1) is 15.5. The number of aromatic nitrogens is 1. The van der Waals surface area contributed by atoms with E-state index in [0.717, 1.165) is 24.2 Å². The molecular weight excluding hydrogens is 426 g/mol. The van der Waals surface area contributed by atoms with Crippen LogP contribution in [0.2, 0.25) is 0 Å². The van der Waals surface area contributed by atoms with Crippen LogP contribution in [0.15, 0.2) is 47.8 Å². The summed E-state index contributed by atoms with van der Waals surface area (Å²) in [6.07, 6.45) is 0.826. The van der Waals surface area contributed by atoms with E-state index in [1.807, 2.05) is 37.7 Å². The molecule has 0 saturated heterocycles. The highest BCUT2D eigenvalue weighted by atomic mass is 32.1. The molecule has 0 unspecified atom stereocenters. The van der Waals surface area contributed by atoms with Gasteiger partial charge in [0.2, 0.25) is 0 Å². The zero-order valence-corrected chi connectivity index (χ0v) is 19.9.